The van der Waals surface area contributed by atoms with Gasteiger partial charge in [-0.05, 0) is 31.4 Å². The van der Waals surface area contributed by atoms with Gasteiger partial charge in [0.25, 0.3) is 0 Å². The Bertz CT molecular complexity index is 359. The summed E-state index contributed by atoms with van der Waals surface area (Å²) in [5.41, 5.74) is 3.27. The number of rotatable bonds is 1. The van der Waals surface area contributed by atoms with Crippen molar-refractivity contribution in [3.8, 4) is 0 Å². The van der Waals surface area contributed by atoms with E-state index in [0.29, 0.717) is 0 Å². The molecule has 0 radical (unpaired) electrons. The lowest BCUT2D eigenvalue weighted by molar-refractivity contribution is 0.112. The van der Waals surface area contributed by atoms with Crippen LogP contribution in [0.1, 0.15) is 30.6 Å². The molecule has 0 saturated heterocycles. The standard InChI is InChI=1S/C12H15NO/c1-8(2)10-4-3-9-5-6-13-7-11(9)12(10)14/h5-7,10,12,14H,1,3-4H2,2H3. The van der Waals surface area contributed by atoms with Crippen molar-refractivity contribution in [2.75, 3.05) is 0 Å². The number of hydrogen-bond donors (Lipinski definition) is 1. The molecule has 1 aromatic rings. The molecule has 1 aromatic heterocycles. The number of aliphatic hydroxyl groups is 1. The Morgan fingerprint density at radius 1 is 1.64 bits per heavy atom. The van der Waals surface area contributed by atoms with Gasteiger partial charge in [0.2, 0.25) is 0 Å². The third-order valence-corrected chi connectivity index (χ3v) is 3.00. The molecule has 2 rings (SSSR count). The van der Waals surface area contributed by atoms with Crippen molar-refractivity contribution >= 4 is 0 Å². The van der Waals surface area contributed by atoms with Crippen molar-refractivity contribution in [3.05, 3.63) is 41.7 Å². The molecule has 14 heavy (non-hydrogen) atoms. The zero-order valence-electron chi connectivity index (χ0n) is 8.40. The molecule has 2 unspecified atom stereocenters. The molecule has 0 aliphatic heterocycles. The Hall–Kier alpha value is -1.15. The van der Waals surface area contributed by atoms with Gasteiger partial charge in [-0.3, -0.25) is 4.98 Å². The van der Waals surface area contributed by atoms with Crippen molar-refractivity contribution in [3.63, 3.8) is 0 Å². The average molecular weight is 189 g/mol. The second-order valence-corrected chi connectivity index (χ2v) is 4.01. The summed E-state index contributed by atoms with van der Waals surface area (Å²) in [5, 5.41) is 10.1. The van der Waals surface area contributed by atoms with Crippen LogP contribution >= 0.6 is 0 Å². The van der Waals surface area contributed by atoms with Crippen molar-refractivity contribution in [2.24, 2.45) is 5.92 Å². The Balaban J connectivity index is 2.36. The molecule has 0 bridgehead atoms. The number of fused-ring (bicyclic) bond motifs is 1. The van der Waals surface area contributed by atoms with Gasteiger partial charge in [0.1, 0.15) is 0 Å². The fourth-order valence-electron chi connectivity index (χ4n) is 2.13. The number of pyridine rings is 1. The summed E-state index contributed by atoms with van der Waals surface area (Å²) in [6, 6.07) is 1.99. The summed E-state index contributed by atoms with van der Waals surface area (Å²) in [6.07, 6.45) is 5.16. The molecule has 0 fully saturated rings. The Morgan fingerprint density at radius 3 is 3.14 bits per heavy atom. The maximum absolute atomic E-state index is 10.1. The van der Waals surface area contributed by atoms with E-state index in [4.69, 9.17) is 0 Å². The number of aliphatic hydroxyl groups excluding tert-OH is 1. The van der Waals surface area contributed by atoms with Gasteiger partial charge in [-0.15, -0.1) is 0 Å². The van der Waals surface area contributed by atoms with E-state index in [9.17, 15) is 5.11 Å². The highest BCUT2D eigenvalue weighted by molar-refractivity contribution is 5.30. The van der Waals surface area contributed by atoms with Gasteiger partial charge >= 0.3 is 0 Å². The molecule has 1 heterocycles. The summed E-state index contributed by atoms with van der Waals surface area (Å²) in [5.74, 6) is 0.201. The van der Waals surface area contributed by atoms with E-state index >= 15 is 0 Å². The molecule has 0 saturated carbocycles. The number of aryl methyl sites for hydroxylation is 1. The minimum Gasteiger partial charge on any atom is -0.388 e. The van der Waals surface area contributed by atoms with Gasteiger partial charge in [-0.25, -0.2) is 0 Å². The monoisotopic (exact) mass is 189 g/mol. The summed E-state index contributed by atoms with van der Waals surface area (Å²) >= 11 is 0. The minimum absolute atomic E-state index is 0.201. The predicted octanol–water partition coefficient (Wildman–Crippen LogP) is 2.25. The molecular formula is C12H15NO. The van der Waals surface area contributed by atoms with Crippen LogP contribution in [0.3, 0.4) is 0 Å². The van der Waals surface area contributed by atoms with E-state index in [1.165, 1.54) is 5.56 Å². The lowest BCUT2D eigenvalue weighted by Crippen LogP contribution is -2.21. The van der Waals surface area contributed by atoms with Crippen LogP contribution in [-0.2, 0) is 6.42 Å². The van der Waals surface area contributed by atoms with E-state index in [1.807, 2.05) is 13.0 Å². The largest absolute Gasteiger partial charge is 0.388 e. The molecule has 1 N–H and O–H groups in total. The Kier molecular flexibility index (Phi) is 2.38. The van der Waals surface area contributed by atoms with Crippen LogP contribution in [0.15, 0.2) is 30.6 Å². The highest BCUT2D eigenvalue weighted by Crippen LogP contribution is 2.36. The van der Waals surface area contributed by atoms with E-state index in [0.717, 1.165) is 24.0 Å². The lowest BCUT2D eigenvalue weighted by Gasteiger charge is -2.29. The van der Waals surface area contributed by atoms with Gasteiger partial charge in [-0.1, -0.05) is 12.2 Å². The van der Waals surface area contributed by atoms with Gasteiger partial charge in [0.05, 0.1) is 6.10 Å². The van der Waals surface area contributed by atoms with Gasteiger partial charge in [-0.2, -0.15) is 0 Å². The highest BCUT2D eigenvalue weighted by atomic mass is 16.3. The second kappa shape index (κ2) is 3.54. The SMILES string of the molecule is C=C(C)C1CCc2ccncc2C1O. The summed E-state index contributed by atoms with van der Waals surface area (Å²) < 4.78 is 0. The quantitative estimate of drug-likeness (QED) is 0.687. The van der Waals surface area contributed by atoms with Crippen molar-refractivity contribution in [1.29, 1.82) is 0 Å². The molecule has 1 aliphatic carbocycles. The summed E-state index contributed by atoms with van der Waals surface area (Å²) in [7, 11) is 0. The van der Waals surface area contributed by atoms with E-state index in [1.54, 1.807) is 12.4 Å². The molecule has 0 amide bonds. The first-order valence-electron chi connectivity index (χ1n) is 4.96. The smallest absolute Gasteiger partial charge is 0.0872 e. The zero-order valence-corrected chi connectivity index (χ0v) is 8.40. The van der Waals surface area contributed by atoms with Crippen LogP contribution in [-0.4, -0.2) is 10.1 Å². The molecule has 2 nitrogen and oxygen atoms in total. The Morgan fingerprint density at radius 2 is 2.43 bits per heavy atom. The predicted molar refractivity (Wildman–Crippen MR) is 55.8 cm³/mol. The normalized spacial score (nSPS) is 25.6. The topological polar surface area (TPSA) is 33.1 Å². The van der Waals surface area contributed by atoms with Crippen LogP contribution in [0.2, 0.25) is 0 Å². The van der Waals surface area contributed by atoms with Crippen molar-refractivity contribution < 1.29 is 5.11 Å². The third-order valence-electron chi connectivity index (χ3n) is 3.00. The molecule has 2 atom stereocenters. The maximum Gasteiger partial charge on any atom is 0.0872 e. The van der Waals surface area contributed by atoms with Crippen molar-refractivity contribution in [1.82, 2.24) is 4.98 Å². The first kappa shape index (κ1) is 9.41. The van der Waals surface area contributed by atoms with Crippen LogP contribution in [0.25, 0.3) is 0 Å². The van der Waals surface area contributed by atoms with Crippen LogP contribution < -0.4 is 0 Å². The highest BCUT2D eigenvalue weighted by Gasteiger charge is 2.28. The first-order chi connectivity index (χ1) is 6.70. The molecule has 0 spiro atoms. The van der Waals surface area contributed by atoms with E-state index in [-0.39, 0.29) is 5.92 Å². The van der Waals surface area contributed by atoms with Gasteiger partial charge < -0.3 is 5.11 Å². The zero-order chi connectivity index (χ0) is 10.1. The second-order valence-electron chi connectivity index (χ2n) is 4.01. The van der Waals surface area contributed by atoms with Gasteiger partial charge in [0, 0.05) is 23.9 Å². The summed E-state index contributed by atoms with van der Waals surface area (Å²) in [6.45, 7) is 5.90. The molecule has 74 valence electrons. The first-order valence-corrected chi connectivity index (χ1v) is 4.96. The van der Waals surface area contributed by atoms with Crippen LogP contribution in [0.4, 0.5) is 0 Å². The van der Waals surface area contributed by atoms with E-state index in [2.05, 4.69) is 11.6 Å². The van der Waals surface area contributed by atoms with E-state index < -0.39 is 6.10 Å². The number of hydrogen-bond acceptors (Lipinski definition) is 2. The minimum atomic E-state index is -0.412. The molecule has 1 aliphatic rings. The van der Waals surface area contributed by atoms with Crippen LogP contribution in [0.5, 0.6) is 0 Å². The van der Waals surface area contributed by atoms with Gasteiger partial charge in [0.15, 0.2) is 0 Å². The number of aromatic nitrogens is 1. The summed E-state index contributed by atoms with van der Waals surface area (Å²) in [4.78, 5) is 4.05. The maximum atomic E-state index is 10.1. The fourth-order valence-corrected chi connectivity index (χ4v) is 2.13. The molecule has 0 aromatic carbocycles. The average Bonchev–Trinajstić information content (AvgIpc) is 2.18. The number of nitrogens with zero attached hydrogens (tertiary/aromatic N) is 1. The third kappa shape index (κ3) is 1.46. The molecular weight excluding hydrogens is 174 g/mol. The van der Waals surface area contributed by atoms with Crippen molar-refractivity contribution in [2.45, 2.75) is 25.9 Å². The fraction of sp³-hybridized carbons (Fsp3) is 0.417. The lowest BCUT2D eigenvalue weighted by atomic mass is 9.79. The van der Waals surface area contributed by atoms with Crippen LogP contribution in [0, 0.1) is 5.92 Å². The molecule has 2 heteroatoms. The Labute approximate surface area is 84.3 Å².